The van der Waals surface area contributed by atoms with Gasteiger partial charge in [0.2, 0.25) is 0 Å². The van der Waals surface area contributed by atoms with Crippen LogP contribution in [-0.2, 0) is 6.42 Å². The fourth-order valence-corrected chi connectivity index (χ4v) is 2.05. The highest BCUT2D eigenvalue weighted by atomic mass is 16.1. The molecule has 0 spiro atoms. The maximum absolute atomic E-state index is 12.0. The van der Waals surface area contributed by atoms with Crippen molar-refractivity contribution in [2.24, 2.45) is 0 Å². The van der Waals surface area contributed by atoms with Gasteiger partial charge in [-0.2, -0.15) is 0 Å². The molecule has 0 aromatic heterocycles. The molecule has 17 heavy (non-hydrogen) atoms. The van der Waals surface area contributed by atoms with E-state index in [0.717, 1.165) is 24.9 Å². The summed E-state index contributed by atoms with van der Waals surface area (Å²) in [6, 6.07) is 6.32. The van der Waals surface area contributed by atoms with Crippen LogP contribution in [0, 0.1) is 0 Å². The Hall–Kier alpha value is -1.35. The first-order chi connectivity index (χ1) is 8.16. The number of fused-ring (bicyclic) bond motifs is 1. The summed E-state index contributed by atoms with van der Waals surface area (Å²) >= 11 is 0. The van der Waals surface area contributed by atoms with E-state index in [9.17, 15) is 4.79 Å². The fraction of sp³-hybridized carbons (Fsp3) is 0.500. The minimum atomic E-state index is 0.173. The van der Waals surface area contributed by atoms with E-state index in [0.29, 0.717) is 12.6 Å². The zero-order chi connectivity index (χ0) is 12.3. The fourth-order valence-electron chi connectivity index (χ4n) is 2.05. The number of Topliss-reactive ketones (excluding diaryl/α,β-unsaturated/α-hetero) is 1. The van der Waals surface area contributed by atoms with E-state index < -0.39 is 0 Å². The molecule has 0 aliphatic carbocycles. The Kier molecular flexibility index (Phi) is 3.79. The van der Waals surface area contributed by atoms with Crippen LogP contribution >= 0.6 is 0 Å². The Morgan fingerprint density at radius 3 is 3.06 bits per heavy atom. The first-order valence-electron chi connectivity index (χ1n) is 6.30. The van der Waals surface area contributed by atoms with E-state index in [2.05, 4.69) is 10.6 Å². The summed E-state index contributed by atoms with van der Waals surface area (Å²) < 4.78 is 0. The van der Waals surface area contributed by atoms with E-state index >= 15 is 0 Å². The predicted octanol–water partition coefficient (Wildman–Crippen LogP) is 2.23. The number of anilines is 1. The molecule has 2 rings (SSSR count). The highest BCUT2D eigenvalue weighted by Gasteiger charge is 2.12. The van der Waals surface area contributed by atoms with Gasteiger partial charge in [-0.15, -0.1) is 0 Å². The normalized spacial score (nSPS) is 14.3. The van der Waals surface area contributed by atoms with Crippen LogP contribution in [0.4, 0.5) is 5.69 Å². The van der Waals surface area contributed by atoms with Crippen molar-refractivity contribution in [1.29, 1.82) is 0 Å². The summed E-state index contributed by atoms with van der Waals surface area (Å²) in [4.78, 5) is 12.0. The van der Waals surface area contributed by atoms with E-state index in [1.54, 1.807) is 0 Å². The van der Waals surface area contributed by atoms with E-state index in [4.69, 9.17) is 0 Å². The molecule has 0 atom stereocenters. The van der Waals surface area contributed by atoms with Crippen LogP contribution in [-0.4, -0.2) is 24.9 Å². The summed E-state index contributed by atoms with van der Waals surface area (Å²) in [5.41, 5.74) is 3.27. The van der Waals surface area contributed by atoms with E-state index in [1.807, 2.05) is 32.0 Å². The van der Waals surface area contributed by atoms with Crippen LogP contribution in [0.5, 0.6) is 0 Å². The van der Waals surface area contributed by atoms with Crippen molar-refractivity contribution in [1.82, 2.24) is 5.32 Å². The second-order valence-electron chi connectivity index (χ2n) is 4.86. The SMILES string of the molecule is CC(C)NCC(=O)c1ccc2c(c1)CCCN2. The number of hydrogen-bond acceptors (Lipinski definition) is 3. The lowest BCUT2D eigenvalue weighted by Crippen LogP contribution is -2.29. The summed E-state index contributed by atoms with van der Waals surface area (Å²) in [6.45, 7) is 5.55. The zero-order valence-electron chi connectivity index (χ0n) is 10.5. The number of ketones is 1. The van der Waals surface area contributed by atoms with Crippen LogP contribution in [0.2, 0.25) is 0 Å². The zero-order valence-corrected chi connectivity index (χ0v) is 10.5. The quantitative estimate of drug-likeness (QED) is 0.782. The Labute approximate surface area is 103 Å². The number of aryl methyl sites for hydroxylation is 1. The number of carbonyl (C=O) groups is 1. The van der Waals surface area contributed by atoms with Gasteiger partial charge < -0.3 is 10.6 Å². The average Bonchev–Trinajstić information content (AvgIpc) is 2.35. The van der Waals surface area contributed by atoms with Crippen LogP contribution in [0.1, 0.15) is 36.2 Å². The van der Waals surface area contributed by atoms with Crippen LogP contribution in [0.25, 0.3) is 0 Å². The average molecular weight is 232 g/mol. The molecule has 3 nitrogen and oxygen atoms in total. The monoisotopic (exact) mass is 232 g/mol. The summed E-state index contributed by atoms with van der Waals surface area (Å²) in [7, 11) is 0. The van der Waals surface area contributed by atoms with Gasteiger partial charge in [-0.1, -0.05) is 13.8 Å². The van der Waals surface area contributed by atoms with Gasteiger partial charge in [-0.3, -0.25) is 4.79 Å². The van der Waals surface area contributed by atoms with Gasteiger partial charge in [0, 0.05) is 23.8 Å². The minimum Gasteiger partial charge on any atom is -0.385 e. The second-order valence-corrected chi connectivity index (χ2v) is 4.86. The number of nitrogens with one attached hydrogen (secondary N) is 2. The Balaban J connectivity index is 2.08. The third-order valence-corrected chi connectivity index (χ3v) is 3.04. The molecule has 2 N–H and O–H groups in total. The van der Waals surface area contributed by atoms with Gasteiger partial charge >= 0.3 is 0 Å². The summed E-state index contributed by atoms with van der Waals surface area (Å²) in [5, 5.41) is 6.51. The molecule has 1 aliphatic heterocycles. The molecule has 1 aromatic carbocycles. The summed E-state index contributed by atoms with van der Waals surface area (Å²) in [5.74, 6) is 0.173. The van der Waals surface area contributed by atoms with E-state index in [-0.39, 0.29) is 5.78 Å². The van der Waals surface area contributed by atoms with Crippen molar-refractivity contribution in [3.63, 3.8) is 0 Å². The molecular weight excluding hydrogens is 212 g/mol. The first-order valence-corrected chi connectivity index (χ1v) is 6.30. The van der Waals surface area contributed by atoms with Gasteiger partial charge in [0.05, 0.1) is 6.54 Å². The molecule has 1 heterocycles. The lowest BCUT2D eigenvalue weighted by molar-refractivity contribution is 0.0988. The molecule has 0 amide bonds. The van der Waals surface area contributed by atoms with Gasteiger partial charge in [0.25, 0.3) is 0 Å². The maximum Gasteiger partial charge on any atom is 0.176 e. The number of hydrogen-bond donors (Lipinski definition) is 2. The molecule has 0 bridgehead atoms. The summed E-state index contributed by atoms with van der Waals surface area (Å²) in [6.07, 6.45) is 2.22. The van der Waals surface area contributed by atoms with Gasteiger partial charge in [-0.05, 0) is 36.6 Å². The maximum atomic E-state index is 12.0. The third kappa shape index (κ3) is 3.07. The number of rotatable bonds is 4. The highest BCUT2D eigenvalue weighted by molar-refractivity contribution is 5.98. The van der Waals surface area contributed by atoms with Gasteiger partial charge in [-0.25, -0.2) is 0 Å². The van der Waals surface area contributed by atoms with Crippen molar-refractivity contribution in [3.05, 3.63) is 29.3 Å². The highest BCUT2D eigenvalue weighted by Crippen LogP contribution is 2.22. The molecule has 0 saturated carbocycles. The molecular formula is C14H20N2O. The molecule has 0 fully saturated rings. The third-order valence-electron chi connectivity index (χ3n) is 3.04. The predicted molar refractivity (Wildman–Crippen MR) is 70.7 cm³/mol. The van der Waals surface area contributed by atoms with Crippen molar-refractivity contribution in [3.8, 4) is 0 Å². The second kappa shape index (κ2) is 5.32. The van der Waals surface area contributed by atoms with Crippen LogP contribution in [0.3, 0.4) is 0 Å². The van der Waals surface area contributed by atoms with Crippen molar-refractivity contribution in [2.75, 3.05) is 18.4 Å². The molecule has 1 aromatic rings. The first kappa shape index (κ1) is 12.1. The Bertz CT molecular complexity index is 413. The lowest BCUT2D eigenvalue weighted by Gasteiger charge is -2.18. The number of benzene rings is 1. The Morgan fingerprint density at radius 1 is 1.47 bits per heavy atom. The molecule has 3 heteroatoms. The molecule has 0 saturated heterocycles. The molecule has 92 valence electrons. The molecule has 0 radical (unpaired) electrons. The van der Waals surface area contributed by atoms with Gasteiger partial charge in [0.15, 0.2) is 5.78 Å². The van der Waals surface area contributed by atoms with Crippen molar-refractivity contribution < 1.29 is 4.79 Å². The van der Waals surface area contributed by atoms with Crippen molar-refractivity contribution >= 4 is 11.5 Å². The topological polar surface area (TPSA) is 41.1 Å². The van der Waals surface area contributed by atoms with Gasteiger partial charge in [0.1, 0.15) is 0 Å². The van der Waals surface area contributed by atoms with Crippen LogP contribution < -0.4 is 10.6 Å². The van der Waals surface area contributed by atoms with E-state index in [1.165, 1.54) is 11.3 Å². The van der Waals surface area contributed by atoms with Crippen LogP contribution in [0.15, 0.2) is 18.2 Å². The smallest absolute Gasteiger partial charge is 0.176 e. The minimum absolute atomic E-state index is 0.173. The number of carbonyl (C=O) groups excluding carboxylic acids is 1. The standard InChI is InChI=1S/C14H20N2O/c1-10(2)16-9-14(17)12-5-6-13-11(8-12)4-3-7-15-13/h5-6,8,10,15-16H,3-4,7,9H2,1-2H3. The molecule has 1 aliphatic rings. The Morgan fingerprint density at radius 2 is 2.29 bits per heavy atom. The largest absolute Gasteiger partial charge is 0.385 e. The molecule has 0 unspecified atom stereocenters. The van der Waals surface area contributed by atoms with Crippen molar-refractivity contribution in [2.45, 2.75) is 32.7 Å². The lowest BCUT2D eigenvalue weighted by atomic mass is 9.99.